The summed E-state index contributed by atoms with van der Waals surface area (Å²) in [6.45, 7) is 3.67. The zero-order chi connectivity index (χ0) is 20.9. The molecule has 0 fully saturated rings. The van der Waals surface area contributed by atoms with Crippen LogP contribution in [0.2, 0.25) is 0 Å². The number of hydrogen-bond acceptors (Lipinski definition) is 4. The lowest BCUT2D eigenvalue weighted by molar-refractivity contribution is -0.137. The first-order valence-corrected chi connectivity index (χ1v) is 11.1. The maximum atomic E-state index is 12.9. The fraction of sp³-hybridized carbons (Fsp3) is 0.368. The van der Waals surface area contributed by atoms with Crippen LogP contribution in [0.1, 0.15) is 30.0 Å². The summed E-state index contributed by atoms with van der Waals surface area (Å²) < 4.78 is 66.3. The highest BCUT2D eigenvalue weighted by molar-refractivity contribution is 7.99. The van der Waals surface area contributed by atoms with Gasteiger partial charge < -0.3 is 5.11 Å². The summed E-state index contributed by atoms with van der Waals surface area (Å²) in [6, 6.07) is 7.82. The molecule has 0 saturated carbocycles. The molecule has 0 aromatic heterocycles. The molecule has 0 heterocycles. The van der Waals surface area contributed by atoms with Gasteiger partial charge >= 0.3 is 6.18 Å². The summed E-state index contributed by atoms with van der Waals surface area (Å²) in [5.41, 5.74) is 0.0272. The maximum absolute atomic E-state index is 12.9. The Hall–Kier alpha value is -1.71. The van der Waals surface area contributed by atoms with Gasteiger partial charge in [-0.1, -0.05) is 13.3 Å². The largest absolute Gasteiger partial charge is 0.508 e. The zero-order valence-corrected chi connectivity index (χ0v) is 17.1. The molecular weight excluding hydrogens is 411 g/mol. The minimum Gasteiger partial charge on any atom is -0.508 e. The molecule has 0 spiro atoms. The fourth-order valence-corrected chi connectivity index (χ4v) is 4.90. The molecule has 0 radical (unpaired) electrons. The van der Waals surface area contributed by atoms with Crippen LogP contribution in [0, 0.1) is 6.92 Å². The van der Waals surface area contributed by atoms with Crippen molar-refractivity contribution < 1.29 is 26.7 Å². The van der Waals surface area contributed by atoms with Gasteiger partial charge in [-0.3, -0.25) is 0 Å². The number of rotatable bonds is 8. The smallest absolute Gasteiger partial charge is 0.416 e. The van der Waals surface area contributed by atoms with Crippen LogP contribution in [0.4, 0.5) is 13.2 Å². The third-order valence-electron chi connectivity index (χ3n) is 4.03. The van der Waals surface area contributed by atoms with Gasteiger partial charge in [-0.05, 0) is 60.9 Å². The van der Waals surface area contributed by atoms with E-state index in [1.807, 2.05) is 0 Å². The van der Waals surface area contributed by atoms with E-state index in [0.717, 1.165) is 28.7 Å². The van der Waals surface area contributed by atoms with Crippen LogP contribution in [-0.2, 0) is 22.6 Å². The summed E-state index contributed by atoms with van der Waals surface area (Å²) in [5.74, 6) is 0.628. The molecule has 154 valence electrons. The summed E-state index contributed by atoms with van der Waals surface area (Å²) in [5, 5.41) is 9.52. The molecule has 0 unspecified atom stereocenters. The lowest BCUT2D eigenvalue weighted by Gasteiger charge is -2.14. The van der Waals surface area contributed by atoms with Crippen LogP contribution in [-0.4, -0.2) is 25.8 Å². The fourth-order valence-electron chi connectivity index (χ4n) is 2.62. The summed E-state index contributed by atoms with van der Waals surface area (Å²) >= 11 is 1.41. The lowest BCUT2D eigenvalue weighted by atomic mass is 10.1. The Morgan fingerprint density at radius 1 is 1.14 bits per heavy atom. The van der Waals surface area contributed by atoms with E-state index in [1.165, 1.54) is 11.8 Å². The number of aryl methyl sites for hydroxylation is 2. The second-order valence-electron chi connectivity index (χ2n) is 6.26. The maximum Gasteiger partial charge on any atom is 0.416 e. The molecule has 2 aromatic rings. The van der Waals surface area contributed by atoms with Crippen molar-refractivity contribution in [3.8, 4) is 5.75 Å². The molecule has 0 aliphatic heterocycles. The Labute approximate surface area is 167 Å². The lowest BCUT2D eigenvalue weighted by Crippen LogP contribution is -2.27. The van der Waals surface area contributed by atoms with Crippen molar-refractivity contribution in [1.82, 2.24) is 4.72 Å². The molecule has 0 bridgehead atoms. The Morgan fingerprint density at radius 2 is 1.86 bits per heavy atom. The minimum absolute atomic E-state index is 0.118. The highest BCUT2D eigenvalue weighted by Crippen LogP contribution is 2.32. The molecule has 9 heteroatoms. The van der Waals surface area contributed by atoms with Crippen molar-refractivity contribution in [2.75, 3.05) is 12.3 Å². The predicted octanol–water partition coefficient (Wildman–Crippen LogP) is 4.74. The first-order valence-electron chi connectivity index (χ1n) is 8.67. The number of aromatic hydroxyl groups is 1. The normalized spacial score (nSPS) is 12.3. The molecule has 0 amide bonds. The van der Waals surface area contributed by atoms with E-state index in [-0.39, 0.29) is 29.2 Å². The Bertz CT molecular complexity index is 929. The van der Waals surface area contributed by atoms with Gasteiger partial charge in [-0.15, -0.1) is 11.8 Å². The average Bonchev–Trinajstić information content (AvgIpc) is 2.61. The van der Waals surface area contributed by atoms with E-state index in [2.05, 4.69) is 4.72 Å². The standard InChI is InChI=1S/C19H22F3NO3S2/c1-3-4-14-12-15(19(20,21)22)5-8-18(14)28(25,26)23-9-10-27-16-6-7-17(24)13(2)11-16/h5-8,11-12,23-24H,3-4,9-10H2,1-2H3. The second-order valence-corrected chi connectivity index (χ2v) is 9.17. The summed E-state index contributed by atoms with van der Waals surface area (Å²) in [7, 11) is -3.92. The molecular formula is C19H22F3NO3S2. The minimum atomic E-state index is -4.52. The number of nitrogens with one attached hydrogen (secondary N) is 1. The number of alkyl halides is 3. The molecule has 2 rings (SSSR count). The second kappa shape index (κ2) is 9.19. The van der Waals surface area contributed by atoms with Crippen molar-refractivity contribution >= 4 is 21.8 Å². The van der Waals surface area contributed by atoms with Crippen molar-refractivity contribution in [2.45, 2.75) is 42.7 Å². The van der Waals surface area contributed by atoms with E-state index in [0.29, 0.717) is 12.2 Å². The number of phenolic OH excluding ortho intramolecular Hbond substituents is 1. The van der Waals surface area contributed by atoms with E-state index >= 15 is 0 Å². The van der Waals surface area contributed by atoms with Crippen LogP contribution < -0.4 is 4.72 Å². The van der Waals surface area contributed by atoms with Crippen LogP contribution in [0.25, 0.3) is 0 Å². The molecule has 4 nitrogen and oxygen atoms in total. The number of phenols is 1. The number of benzene rings is 2. The monoisotopic (exact) mass is 433 g/mol. The van der Waals surface area contributed by atoms with Gasteiger partial charge in [0.2, 0.25) is 10.0 Å². The van der Waals surface area contributed by atoms with Crippen LogP contribution in [0.3, 0.4) is 0 Å². The number of sulfonamides is 1. The van der Waals surface area contributed by atoms with E-state index in [4.69, 9.17) is 0 Å². The Morgan fingerprint density at radius 3 is 2.46 bits per heavy atom. The van der Waals surface area contributed by atoms with Gasteiger partial charge in [0.25, 0.3) is 0 Å². The average molecular weight is 434 g/mol. The van der Waals surface area contributed by atoms with Gasteiger partial charge in [0.05, 0.1) is 10.5 Å². The van der Waals surface area contributed by atoms with Crippen molar-refractivity contribution in [2.24, 2.45) is 0 Å². The van der Waals surface area contributed by atoms with Gasteiger partial charge in [0.15, 0.2) is 0 Å². The molecule has 0 aliphatic rings. The number of halogens is 3. The van der Waals surface area contributed by atoms with Gasteiger partial charge in [-0.25, -0.2) is 13.1 Å². The van der Waals surface area contributed by atoms with E-state index in [1.54, 1.807) is 32.0 Å². The molecule has 0 atom stereocenters. The molecule has 2 N–H and O–H groups in total. The molecule has 0 aliphatic carbocycles. The van der Waals surface area contributed by atoms with Crippen LogP contribution >= 0.6 is 11.8 Å². The predicted molar refractivity (Wildman–Crippen MR) is 104 cm³/mol. The SMILES string of the molecule is CCCc1cc(C(F)(F)F)ccc1S(=O)(=O)NCCSc1ccc(O)c(C)c1. The third kappa shape index (κ3) is 5.89. The Kier molecular flexibility index (Phi) is 7.41. The van der Waals surface area contributed by atoms with Crippen LogP contribution in [0.15, 0.2) is 46.2 Å². The van der Waals surface area contributed by atoms with E-state index < -0.39 is 21.8 Å². The van der Waals surface area contributed by atoms with Gasteiger partial charge in [0, 0.05) is 17.2 Å². The molecule has 28 heavy (non-hydrogen) atoms. The molecule has 0 saturated heterocycles. The number of thioether (sulfide) groups is 1. The first-order chi connectivity index (χ1) is 13.0. The first kappa shape index (κ1) is 22.6. The topological polar surface area (TPSA) is 66.4 Å². The van der Waals surface area contributed by atoms with Crippen molar-refractivity contribution in [3.05, 3.63) is 53.1 Å². The number of hydrogen-bond donors (Lipinski definition) is 2. The van der Waals surface area contributed by atoms with E-state index in [9.17, 15) is 26.7 Å². The van der Waals surface area contributed by atoms with Gasteiger partial charge in [0.1, 0.15) is 5.75 Å². The summed E-state index contributed by atoms with van der Waals surface area (Å²) in [6.07, 6.45) is -3.75. The highest BCUT2D eigenvalue weighted by atomic mass is 32.2. The summed E-state index contributed by atoms with van der Waals surface area (Å²) in [4.78, 5) is 0.767. The third-order valence-corrected chi connectivity index (χ3v) is 6.58. The highest BCUT2D eigenvalue weighted by Gasteiger charge is 2.32. The van der Waals surface area contributed by atoms with Crippen molar-refractivity contribution in [1.29, 1.82) is 0 Å². The van der Waals surface area contributed by atoms with Gasteiger partial charge in [-0.2, -0.15) is 13.2 Å². The van der Waals surface area contributed by atoms with Crippen LogP contribution in [0.5, 0.6) is 5.75 Å². The Balaban J connectivity index is 2.07. The molecule has 2 aromatic carbocycles. The quantitative estimate of drug-likeness (QED) is 0.466. The zero-order valence-electron chi connectivity index (χ0n) is 15.5. The van der Waals surface area contributed by atoms with Crippen molar-refractivity contribution in [3.63, 3.8) is 0 Å².